The minimum Gasteiger partial charge on any atom is -0.468 e. The average Bonchev–Trinajstić information content (AvgIpc) is 2.53. The molecule has 0 bridgehead atoms. The number of nitrogens with zero attached hydrogens (tertiary/aromatic N) is 1. The third kappa shape index (κ3) is 3.99. The van der Waals surface area contributed by atoms with Gasteiger partial charge in [0.25, 0.3) is 10.0 Å². The van der Waals surface area contributed by atoms with Crippen LogP contribution in [0.2, 0.25) is 0 Å². The first-order chi connectivity index (χ1) is 11.7. The van der Waals surface area contributed by atoms with Crippen LogP contribution in [-0.4, -0.2) is 28.0 Å². The molecule has 0 saturated heterocycles. The molecule has 134 valence electrons. The Labute approximate surface area is 147 Å². The zero-order valence-corrected chi connectivity index (χ0v) is 15.4. The topological polar surface area (TPSA) is 63.7 Å². The molecule has 0 fully saturated rings. The third-order valence-electron chi connectivity index (χ3n) is 3.79. The molecule has 0 amide bonds. The molecule has 0 heterocycles. The fourth-order valence-electron chi connectivity index (χ4n) is 2.77. The monoisotopic (exact) mass is 365 g/mol. The quantitative estimate of drug-likeness (QED) is 0.764. The van der Waals surface area contributed by atoms with Crippen LogP contribution in [0, 0.1) is 26.6 Å². The lowest BCUT2D eigenvalue weighted by Crippen LogP contribution is -2.37. The second kappa shape index (κ2) is 7.23. The fourth-order valence-corrected chi connectivity index (χ4v) is 4.30. The Kier molecular flexibility index (Phi) is 5.47. The van der Waals surface area contributed by atoms with Crippen molar-refractivity contribution in [2.24, 2.45) is 0 Å². The number of methoxy groups -OCH3 is 1. The molecule has 0 spiro atoms. The largest absolute Gasteiger partial charge is 0.468 e. The molecule has 0 N–H and O–H groups in total. The van der Waals surface area contributed by atoms with E-state index in [-0.39, 0.29) is 4.90 Å². The van der Waals surface area contributed by atoms with Crippen LogP contribution in [0.3, 0.4) is 0 Å². The minimum atomic E-state index is -4.07. The van der Waals surface area contributed by atoms with Crippen LogP contribution >= 0.6 is 0 Å². The molecular formula is C18H20FNO4S. The highest BCUT2D eigenvalue weighted by molar-refractivity contribution is 7.92. The molecule has 0 unspecified atom stereocenters. The molecular weight excluding hydrogens is 345 g/mol. The zero-order valence-electron chi connectivity index (χ0n) is 14.5. The number of ether oxygens (including phenoxy) is 1. The second-order valence-corrected chi connectivity index (χ2v) is 7.65. The van der Waals surface area contributed by atoms with E-state index in [0.717, 1.165) is 22.0 Å². The lowest BCUT2D eigenvalue weighted by atomic mass is 10.1. The number of benzene rings is 2. The van der Waals surface area contributed by atoms with E-state index in [9.17, 15) is 17.6 Å². The molecule has 0 saturated carbocycles. The summed E-state index contributed by atoms with van der Waals surface area (Å²) in [5.41, 5.74) is 2.83. The summed E-state index contributed by atoms with van der Waals surface area (Å²) in [7, 11) is -2.87. The molecule has 0 aliphatic carbocycles. The van der Waals surface area contributed by atoms with E-state index in [4.69, 9.17) is 0 Å². The van der Waals surface area contributed by atoms with Crippen LogP contribution < -0.4 is 4.31 Å². The van der Waals surface area contributed by atoms with Crippen molar-refractivity contribution in [3.8, 4) is 0 Å². The van der Waals surface area contributed by atoms with Crippen LogP contribution in [0.25, 0.3) is 0 Å². The smallest absolute Gasteiger partial charge is 0.326 e. The molecule has 5 nitrogen and oxygen atoms in total. The Balaban J connectivity index is 2.65. The van der Waals surface area contributed by atoms with E-state index in [2.05, 4.69) is 4.74 Å². The molecule has 2 aromatic carbocycles. The first-order valence-electron chi connectivity index (χ1n) is 7.59. The third-order valence-corrected chi connectivity index (χ3v) is 5.55. The number of esters is 1. The SMILES string of the molecule is COC(=O)CN(c1c(C)cc(C)cc1C)S(=O)(=O)c1ccc(F)cc1. The van der Waals surface area contributed by atoms with E-state index < -0.39 is 28.4 Å². The molecule has 2 rings (SSSR count). The maximum atomic E-state index is 13.2. The predicted molar refractivity (Wildman–Crippen MR) is 93.6 cm³/mol. The molecule has 0 aliphatic heterocycles. The number of aryl methyl sites for hydroxylation is 3. The Morgan fingerprint density at radius 1 is 1.08 bits per heavy atom. The van der Waals surface area contributed by atoms with Crippen LogP contribution in [-0.2, 0) is 19.6 Å². The van der Waals surface area contributed by atoms with Gasteiger partial charge >= 0.3 is 5.97 Å². The van der Waals surface area contributed by atoms with Crippen molar-refractivity contribution in [1.82, 2.24) is 0 Å². The highest BCUT2D eigenvalue weighted by atomic mass is 32.2. The van der Waals surface area contributed by atoms with Gasteiger partial charge in [0.05, 0.1) is 17.7 Å². The molecule has 7 heteroatoms. The predicted octanol–water partition coefficient (Wildman–Crippen LogP) is 3.12. The van der Waals surface area contributed by atoms with Crippen molar-refractivity contribution in [3.05, 3.63) is 58.9 Å². The number of carbonyl (C=O) groups excluding carboxylic acids is 1. The maximum Gasteiger partial charge on any atom is 0.326 e. The van der Waals surface area contributed by atoms with Gasteiger partial charge in [0.1, 0.15) is 12.4 Å². The summed E-state index contributed by atoms with van der Waals surface area (Å²) in [6, 6.07) is 8.16. The summed E-state index contributed by atoms with van der Waals surface area (Å²) < 4.78 is 45.0. The van der Waals surface area contributed by atoms with Crippen molar-refractivity contribution in [2.45, 2.75) is 25.7 Å². The van der Waals surface area contributed by atoms with Gasteiger partial charge in [-0.25, -0.2) is 12.8 Å². The van der Waals surface area contributed by atoms with Crippen molar-refractivity contribution in [3.63, 3.8) is 0 Å². The highest BCUT2D eigenvalue weighted by Gasteiger charge is 2.29. The summed E-state index contributed by atoms with van der Waals surface area (Å²) in [5.74, 6) is -1.23. The Hall–Kier alpha value is -2.41. The van der Waals surface area contributed by atoms with E-state index in [1.807, 2.05) is 19.1 Å². The summed E-state index contributed by atoms with van der Waals surface area (Å²) in [6.07, 6.45) is 0. The lowest BCUT2D eigenvalue weighted by molar-refractivity contribution is -0.138. The molecule has 0 aliphatic rings. The van der Waals surface area contributed by atoms with Gasteiger partial charge in [-0.15, -0.1) is 0 Å². The Bertz CT molecular complexity index is 869. The highest BCUT2D eigenvalue weighted by Crippen LogP contribution is 2.31. The number of hydrogen-bond donors (Lipinski definition) is 0. The van der Waals surface area contributed by atoms with Crippen LogP contribution in [0.15, 0.2) is 41.3 Å². The molecule has 0 atom stereocenters. The maximum absolute atomic E-state index is 13.2. The van der Waals surface area contributed by atoms with Gasteiger partial charge in [-0.1, -0.05) is 17.7 Å². The van der Waals surface area contributed by atoms with E-state index >= 15 is 0 Å². The Morgan fingerprint density at radius 3 is 2.08 bits per heavy atom. The number of rotatable bonds is 5. The lowest BCUT2D eigenvalue weighted by Gasteiger charge is -2.27. The number of sulfonamides is 1. The van der Waals surface area contributed by atoms with Gasteiger partial charge in [0.2, 0.25) is 0 Å². The minimum absolute atomic E-state index is 0.0998. The fraction of sp³-hybridized carbons (Fsp3) is 0.278. The standard InChI is InChI=1S/C18H20FNO4S/c1-12-9-13(2)18(14(3)10-12)20(11-17(21)24-4)25(22,23)16-7-5-15(19)6-8-16/h5-10H,11H2,1-4H3. The van der Waals surface area contributed by atoms with Crippen LogP contribution in [0.5, 0.6) is 0 Å². The first kappa shape index (κ1) is 18.9. The average molecular weight is 365 g/mol. The van der Waals surface area contributed by atoms with Crippen molar-refractivity contribution in [2.75, 3.05) is 18.0 Å². The summed E-state index contributed by atoms with van der Waals surface area (Å²) in [4.78, 5) is 11.7. The second-order valence-electron chi connectivity index (χ2n) is 5.79. The van der Waals surface area contributed by atoms with E-state index in [1.165, 1.54) is 19.2 Å². The van der Waals surface area contributed by atoms with Crippen LogP contribution in [0.4, 0.5) is 10.1 Å². The summed E-state index contributed by atoms with van der Waals surface area (Å²) in [6.45, 7) is 4.99. The van der Waals surface area contributed by atoms with Crippen molar-refractivity contribution in [1.29, 1.82) is 0 Å². The van der Waals surface area contributed by atoms with Gasteiger partial charge in [-0.05, 0) is 56.2 Å². The van der Waals surface area contributed by atoms with Gasteiger partial charge in [0, 0.05) is 0 Å². The van der Waals surface area contributed by atoms with Crippen molar-refractivity contribution < 1.29 is 22.3 Å². The van der Waals surface area contributed by atoms with Gasteiger partial charge < -0.3 is 4.74 Å². The molecule has 25 heavy (non-hydrogen) atoms. The number of anilines is 1. The zero-order chi connectivity index (χ0) is 18.8. The summed E-state index contributed by atoms with van der Waals surface area (Å²) in [5, 5.41) is 0. The number of carbonyl (C=O) groups is 1. The number of halogens is 1. The van der Waals surface area contributed by atoms with E-state index in [0.29, 0.717) is 16.8 Å². The van der Waals surface area contributed by atoms with Gasteiger partial charge in [-0.2, -0.15) is 0 Å². The molecule has 2 aromatic rings. The first-order valence-corrected chi connectivity index (χ1v) is 9.04. The van der Waals surface area contributed by atoms with E-state index in [1.54, 1.807) is 13.8 Å². The van der Waals surface area contributed by atoms with Crippen molar-refractivity contribution >= 4 is 21.7 Å². The van der Waals surface area contributed by atoms with Gasteiger partial charge in [-0.3, -0.25) is 9.10 Å². The number of hydrogen-bond acceptors (Lipinski definition) is 4. The summed E-state index contributed by atoms with van der Waals surface area (Å²) >= 11 is 0. The van der Waals surface area contributed by atoms with Crippen LogP contribution in [0.1, 0.15) is 16.7 Å². The molecule has 0 radical (unpaired) electrons. The Morgan fingerprint density at radius 2 is 1.60 bits per heavy atom. The molecule has 0 aromatic heterocycles. The normalized spacial score (nSPS) is 11.2. The van der Waals surface area contributed by atoms with Gasteiger partial charge in [0.15, 0.2) is 0 Å².